The molecule has 0 N–H and O–H groups in total. The van der Waals surface area contributed by atoms with Crippen LogP contribution in [0.5, 0.6) is 0 Å². The molecule has 0 aliphatic heterocycles. The third-order valence-corrected chi connectivity index (χ3v) is 3.60. The van der Waals surface area contributed by atoms with Crippen LogP contribution in [-0.4, -0.2) is 11.2 Å². The van der Waals surface area contributed by atoms with Gasteiger partial charge < -0.3 is 4.42 Å². The van der Waals surface area contributed by atoms with E-state index in [0.717, 1.165) is 11.3 Å². The number of nitrogens with zero attached hydrogens (tertiary/aromatic N) is 2. The molecule has 3 nitrogen and oxygen atoms in total. The molecule has 0 atom stereocenters. The average molecular weight is 316 g/mol. The molecule has 24 heavy (non-hydrogen) atoms. The van der Waals surface area contributed by atoms with Crippen LogP contribution in [0.25, 0.3) is 22.6 Å². The van der Waals surface area contributed by atoms with Crippen LogP contribution in [0.3, 0.4) is 0 Å². The van der Waals surface area contributed by atoms with Gasteiger partial charge in [0.2, 0.25) is 5.89 Å². The Balaban J connectivity index is 1.67. The molecule has 4 rings (SSSR count). The Kier molecular flexibility index (Phi) is 3.63. The number of aromatic nitrogens is 1. The summed E-state index contributed by atoms with van der Waals surface area (Å²) in [5, 5.41) is 0. The van der Waals surface area contributed by atoms with Crippen molar-refractivity contribution in [3.63, 3.8) is 0 Å². The standard InChI is InChI=1S/C20H13FN2O/c21-16-8-4-7-15(11-16)20-23-18-12-17(9-10-19(18)24-20)22-13-14-5-2-1-3-6-14/h1-13H. The maximum Gasteiger partial charge on any atom is 0.227 e. The van der Waals surface area contributed by atoms with Crippen molar-refractivity contribution < 1.29 is 8.81 Å². The highest BCUT2D eigenvalue weighted by molar-refractivity contribution is 5.84. The Labute approximate surface area is 138 Å². The molecule has 0 spiro atoms. The highest BCUT2D eigenvalue weighted by Gasteiger charge is 2.09. The van der Waals surface area contributed by atoms with E-state index in [1.807, 2.05) is 48.5 Å². The SMILES string of the molecule is Fc1cccc(-c2nc3cc(N=Cc4ccccc4)ccc3o2)c1. The van der Waals surface area contributed by atoms with E-state index in [1.165, 1.54) is 12.1 Å². The lowest BCUT2D eigenvalue weighted by Gasteiger charge is -1.93. The molecule has 4 heteroatoms. The first-order valence-electron chi connectivity index (χ1n) is 7.54. The van der Waals surface area contributed by atoms with Crippen molar-refractivity contribution in [3.8, 4) is 11.5 Å². The van der Waals surface area contributed by atoms with E-state index in [9.17, 15) is 4.39 Å². The second kappa shape index (κ2) is 6.08. The molecule has 3 aromatic carbocycles. The Bertz CT molecular complexity index is 1020. The van der Waals surface area contributed by atoms with Crippen LogP contribution < -0.4 is 0 Å². The molecular weight excluding hydrogens is 303 g/mol. The van der Waals surface area contributed by atoms with E-state index < -0.39 is 0 Å². The number of aliphatic imine (C=N–C) groups is 1. The summed E-state index contributed by atoms with van der Waals surface area (Å²) in [7, 11) is 0. The molecular formula is C20H13FN2O. The fourth-order valence-electron chi connectivity index (χ4n) is 2.43. The van der Waals surface area contributed by atoms with Gasteiger partial charge in [-0.25, -0.2) is 9.37 Å². The van der Waals surface area contributed by atoms with Gasteiger partial charge in [-0.15, -0.1) is 0 Å². The fraction of sp³-hybridized carbons (Fsp3) is 0. The molecule has 0 saturated heterocycles. The van der Waals surface area contributed by atoms with Gasteiger partial charge in [-0.2, -0.15) is 0 Å². The summed E-state index contributed by atoms with van der Waals surface area (Å²) in [5.41, 5.74) is 3.76. The second-order valence-corrected chi connectivity index (χ2v) is 5.35. The van der Waals surface area contributed by atoms with Gasteiger partial charge in [-0.3, -0.25) is 4.99 Å². The minimum absolute atomic E-state index is 0.317. The van der Waals surface area contributed by atoms with Gasteiger partial charge in [-0.1, -0.05) is 36.4 Å². The van der Waals surface area contributed by atoms with E-state index in [1.54, 1.807) is 18.3 Å². The van der Waals surface area contributed by atoms with Crippen molar-refractivity contribution in [1.82, 2.24) is 4.98 Å². The summed E-state index contributed by atoms with van der Waals surface area (Å²) < 4.78 is 19.0. The molecule has 116 valence electrons. The van der Waals surface area contributed by atoms with E-state index in [2.05, 4.69) is 9.98 Å². The fourth-order valence-corrected chi connectivity index (χ4v) is 2.43. The molecule has 4 aromatic rings. The normalized spacial score (nSPS) is 11.4. The molecule has 0 fully saturated rings. The van der Waals surface area contributed by atoms with Crippen molar-refractivity contribution >= 4 is 23.0 Å². The zero-order valence-corrected chi connectivity index (χ0v) is 12.7. The van der Waals surface area contributed by atoms with Crippen molar-refractivity contribution in [2.24, 2.45) is 4.99 Å². The number of hydrogen-bond donors (Lipinski definition) is 0. The van der Waals surface area contributed by atoms with E-state index in [-0.39, 0.29) is 5.82 Å². The monoisotopic (exact) mass is 316 g/mol. The lowest BCUT2D eigenvalue weighted by Crippen LogP contribution is -1.79. The quantitative estimate of drug-likeness (QED) is 0.476. The first-order chi connectivity index (χ1) is 11.8. The highest BCUT2D eigenvalue weighted by Crippen LogP contribution is 2.27. The topological polar surface area (TPSA) is 38.4 Å². The molecule has 0 amide bonds. The predicted octanol–water partition coefficient (Wildman–Crippen LogP) is 5.38. The van der Waals surface area contributed by atoms with Gasteiger partial charge in [0.15, 0.2) is 5.58 Å². The zero-order chi connectivity index (χ0) is 16.4. The summed E-state index contributed by atoms with van der Waals surface area (Å²) in [6, 6.07) is 21.6. The molecule has 0 bridgehead atoms. The lowest BCUT2D eigenvalue weighted by atomic mass is 10.2. The minimum atomic E-state index is -0.317. The second-order valence-electron chi connectivity index (χ2n) is 5.35. The van der Waals surface area contributed by atoms with Gasteiger partial charge in [0, 0.05) is 11.8 Å². The number of benzene rings is 3. The third kappa shape index (κ3) is 2.94. The Morgan fingerprint density at radius 2 is 1.79 bits per heavy atom. The van der Waals surface area contributed by atoms with Crippen molar-refractivity contribution in [1.29, 1.82) is 0 Å². The lowest BCUT2D eigenvalue weighted by molar-refractivity contribution is 0.611. The van der Waals surface area contributed by atoms with Gasteiger partial charge >= 0.3 is 0 Å². The smallest absolute Gasteiger partial charge is 0.227 e. The summed E-state index contributed by atoms with van der Waals surface area (Å²) in [4.78, 5) is 8.89. The van der Waals surface area contributed by atoms with Gasteiger partial charge in [0.25, 0.3) is 0 Å². The Hall–Kier alpha value is -3.27. The highest BCUT2D eigenvalue weighted by atomic mass is 19.1. The van der Waals surface area contributed by atoms with Gasteiger partial charge in [0.1, 0.15) is 11.3 Å². The maximum absolute atomic E-state index is 13.3. The summed E-state index contributed by atoms with van der Waals surface area (Å²) in [6.07, 6.45) is 1.80. The number of fused-ring (bicyclic) bond motifs is 1. The molecule has 0 saturated carbocycles. The van der Waals surface area contributed by atoms with E-state index >= 15 is 0 Å². The van der Waals surface area contributed by atoms with Gasteiger partial charge in [-0.05, 0) is 42.0 Å². The van der Waals surface area contributed by atoms with Crippen LogP contribution >= 0.6 is 0 Å². The predicted molar refractivity (Wildman–Crippen MR) is 93.1 cm³/mol. The van der Waals surface area contributed by atoms with Crippen molar-refractivity contribution in [3.05, 3.63) is 84.2 Å². The van der Waals surface area contributed by atoms with Gasteiger partial charge in [0.05, 0.1) is 5.69 Å². The van der Waals surface area contributed by atoms with Crippen LogP contribution in [0.15, 0.2) is 82.2 Å². The van der Waals surface area contributed by atoms with Crippen LogP contribution in [0.1, 0.15) is 5.56 Å². The number of hydrogen-bond acceptors (Lipinski definition) is 3. The minimum Gasteiger partial charge on any atom is -0.436 e. The Morgan fingerprint density at radius 3 is 2.62 bits per heavy atom. The van der Waals surface area contributed by atoms with Crippen LogP contribution in [-0.2, 0) is 0 Å². The zero-order valence-electron chi connectivity index (χ0n) is 12.7. The molecule has 1 aromatic heterocycles. The van der Waals surface area contributed by atoms with Crippen molar-refractivity contribution in [2.45, 2.75) is 0 Å². The number of halogens is 1. The summed E-state index contributed by atoms with van der Waals surface area (Å²) >= 11 is 0. The van der Waals surface area contributed by atoms with E-state index in [4.69, 9.17) is 4.42 Å². The molecule has 1 heterocycles. The van der Waals surface area contributed by atoms with Crippen molar-refractivity contribution in [2.75, 3.05) is 0 Å². The molecule has 0 radical (unpaired) electrons. The summed E-state index contributed by atoms with van der Waals surface area (Å²) in [6.45, 7) is 0. The summed E-state index contributed by atoms with van der Waals surface area (Å²) in [5.74, 6) is 0.0802. The van der Waals surface area contributed by atoms with Crippen LogP contribution in [0, 0.1) is 5.82 Å². The Morgan fingerprint density at radius 1 is 0.917 bits per heavy atom. The number of rotatable bonds is 3. The molecule has 0 aliphatic carbocycles. The maximum atomic E-state index is 13.3. The van der Waals surface area contributed by atoms with Crippen LogP contribution in [0.4, 0.5) is 10.1 Å². The average Bonchev–Trinajstić information content (AvgIpc) is 3.04. The molecule has 0 aliphatic rings. The van der Waals surface area contributed by atoms with Crippen LogP contribution in [0.2, 0.25) is 0 Å². The third-order valence-electron chi connectivity index (χ3n) is 3.60. The molecule has 0 unspecified atom stereocenters. The first kappa shape index (κ1) is 14.3. The number of oxazole rings is 1. The largest absolute Gasteiger partial charge is 0.436 e. The first-order valence-corrected chi connectivity index (χ1v) is 7.54. The van der Waals surface area contributed by atoms with E-state index in [0.29, 0.717) is 22.6 Å².